The van der Waals surface area contributed by atoms with Crippen molar-refractivity contribution < 1.29 is 4.79 Å². The third kappa shape index (κ3) is 4.85. The number of rotatable bonds is 4. The van der Waals surface area contributed by atoms with Gasteiger partial charge in [-0.3, -0.25) is 4.79 Å². The Kier molecular flexibility index (Phi) is 8.62. The molecule has 4 nitrogen and oxygen atoms in total. The molecule has 2 rings (SSSR count). The van der Waals surface area contributed by atoms with Crippen LogP contribution in [0.25, 0.3) is 0 Å². The fourth-order valence-electron chi connectivity index (χ4n) is 2.31. The van der Waals surface area contributed by atoms with Gasteiger partial charge in [0, 0.05) is 26.3 Å². The summed E-state index contributed by atoms with van der Waals surface area (Å²) in [6.07, 6.45) is 2.04. The molecule has 6 heteroatoms. The maximum Gasteiger partial charge on any atom is 0.237 e. The second-order valence-electron chi connectivity index (χ2n) is 4.89. The molecular weight excluding hydrogens is 297 g/mol. The van der Waals surface area contributed by atoms with Gasteiger partial charge in [-0.05, 0) is 31.0 Å². The zero-order chi connectivity index (χ0) is 13.0. The zero-order valence-electron chi connectivity index (χ0n) is 11.9. The molecule has 1 aromatic rings. The summed E-state index contributed by atoms with van der Waals surface area (Å²) >= 11 is 0. The molecule has 20 heavy (non-hydrogen) atoms. The Morgan fingerprint density at radius 1 is 1.35 bits per heavy atom. The minimum absolute atomic E-state index is 0. The van der Waals surface area contributed by atoms with E-state index in [1.165, 1.54) is 0 Å². The summed E-state index contributed by atoms with van der Waals surface area (Å²) in [6, 6.07) is 8.13. The predicted octanol–water partition coefficient (Wildman–Crippen LogP) is 1.96. The average Bonchev–Trinajstić information content (AvgIpc) is 2.90. The van der Waals surface area contributed by atoms with Crippen LogP contribution in [0.1, 0.15) is 18.4 Å². The molecule has 0 aliphatic carbocycles. The monoisotopic (exact) mass is 319 g/mol. The molecule has 1 unspecified atom stereocenters. The van der Waals surface area contributed by atoms with Crippen molar-refractivity contribution in [2.24, 2.45) is 0 Å². The van der Waals surface area contributed by atoms with E-state index in [9.17, 15) is 4.79 Å². The summed E-state index contributed by atoms with van der Waals surface area (Å²) in [7, 11) is 4.03. The lowest BCUT2D eigenvalue weighted by molar-refractivity contribution is -0.122. The lowest BCUT2D eigenvalue weighted by Gasteiger charge is -2.18. The lowest BCUT2D eigenvalue weighted by Crippen LogP contribution is -2.40. The Balaban J connectivity index is 0.00000180. The number of hydrogen-bond donors (Lipinski definition) is 2. The highest BCUT2D eigenvalue weighted by Gasteiger charge is 2.21. The summed E-state index contributed by atoms with van der Waals surface area (Å²) in [5, 5.41) is 6.22. The van der Waals surface area contributed by atoms with E-state index in [2.05, 4.69) is 27.7 Å². The van der Waals surface area contributed by atoms with Gasteiger partial charge in [-0.2, -0.15) is 0 Å². The Bertz CT molecular complexity index is 421. The number of nitrogens with one attached hydrogen (secondary N) is 2. The SMILES string of the molecule is CN(C)c1ccccc1CNC(=O)C1CCCN1.Cl.Cl. The minimum Gasteiger partial charge on any atom is -0.377 e. The van der Waals surface area contributed by atoms with Gasteiger partial charge in [0.2, 0.25) is 5.91 Å². The van der Waals surface area contributed by atoms with Crippen LogP contribution in [0.5, 0.6) is 0 Å². The summed E-state index contributed by atoms with van der Waals surface area (Å²) in [5.41, 5.74) is 2.30. The van der Waals surface area contributed by atoms with Crippen LogP contribution in [0.2, 0.25) is 0 Å². The second kappa shape index (κ2) is 9.06. The molecule has 0 radical (unpaired) electrons. The highest BCUT2D eigenvalue weighted by molar-refractivity contribution is 5.85. The van der Waals surface area contributed by atoms with Crippen LogP contribution in [0.4, 0.5) is 5.69 Å². The summed E-state index contributed by atoms with van der Waals surface area (Å²) in [5.74, 6) is 0.112. The van der Waals surface area contributed by atoms with Crippen molar-refractivity contribution in [2.75, 3.05) is 25.5 Å². The number of carbonyl (C=O) groups is 1. The third-order valence-electron chi connectivity index (χ3n) is 3.30. The van der Waals surface area contributed by atoms with Gasteiger partial charge in [0.15, 0.2) is 0 Å². The third-order valence-corrected chi connectivity index (χ3v) is 3.30. The molecule has 1 aliphatic rings. The quantitative estimate of drug-likeness (QED) is 0.891. The number of benzene rings is 1. The van der Waals surface area contributed by atoms with Crippen LogP contribution in [0.3, 0.4) is 0 Å². The fraction of sp³-hybridized carbons (Fsp3) is 0.500. The number of amides is 1. The predicted molar refractivity (Wildman–Crippen MR) is 88.1 cm³/mol. The number of para-hydroxylation sites is 1. The van der Waals surface area contributed by atoms with Crippen LogP contribution in [0, 0.1) is 0 Å². The van der Waals surface area contributed by atoms with Crippen LogP contribution in [-0.2, 0) is 11.3 Å². The van der Waals surface area contributed by atoms with Gasteiger partial charge in [-0.1, -0.05) is 18.2 Å². The second-order valence-corrected chi connectivity index (χ2v) is 4.89. The van der Waals surface area contributed by atoms with Crippen molar-refractivity contribution in [3.8, 4) is 0 Å². The first-order valence-corrected chi connectivity index (χ1v) is 6.45. The van der Waals surface area contributed by atoms with Gasteiger partial charge in [0.1, 0.15) is 0 Å². The summed E-state index contributed by atoms with van der Waals surface area (Å²) in [6.45, 7) is 1.54. The van der Waals surface area contributed by atoms with E-state index >= 15 is 0 Å². The molecule has 1 amide bonds. The number of nitrogens with zero attached hydrogens (tertiary/aromatic N) is 1. The first-order chi connectivity index (χ1) is 8.68. The Morgan fingerprint density at radius 3 is 2.65 bits per heavy atom. The molecule has 0 saturated carbocycles. The Labute approximate surface area is 133 Å². The largest absolute Gasteiger partial charge is 0.377 e. The fourth-order valence-corrected chi connectivity index (χ4v) is 2.31. The van der Waals surface area contributed by atoms with Gasteiger partial charge in [-0.15, -0.1) is 24.8 Å². The molecule has 114 valence electrons. The van der Waals surface area contributed by atoms with E-state index in [4.69, 9.17) is 0 Å². The topological polar surface area (TPSA) is 44.4 Å². The number of hydrogen-bond acceptors (Lipinski definition) is 3. The number of carbonyl (C=O) groups excluding carboxylic acids is 1. The van der Waals surface area contributed by atoms with Crippen molar-refractivity contribution in [3.63, 3.8) is 0 Å². The van der Waals surface area contributed by atoms with Crippen molar-refractivity contribution in [1.29, 1.82) is 0 Å². The van der Waals surface area contributed by atoms with Gasteiger partial charge in [-0.25, -0.2) is 0 Å². The molecule has 1 saturated heterocycles. The van der Waals surface area contributed by atoms with Crippen LogP contribution >= 0.6 is 24.8 Å². The van der Waals surface area contributed by atoms with Gasteiger partial charge >= 0.3 is 0 Å². The molecule has 2 N–H and O–H groups in total. The summed E-state index contributed by atoms with van der Waals surface area (Å²) in [4.78, 5) is 14.0. The number of halogens is 2. The zero-order valence-corrected chi connectivity index (χ0v) is 13.5. The van der Waals surface area contributed by atoms with E-state index in [1.54, 1.807) is 0 Å². The number of anilines is 1. The van der Waals surface area contributed by atoms with Gasteiger partial charge in [0.25, 0.3) is 0 Å². The highest BCUT2D eigenvalue weighted by atomic mass is 35.5. The Morgan fingerprint density at radius 2 is 2.05 bits per heavy atom. The standard InChI is InChI=1S/C14H21N3O.2ClH/c1-17(2)13-8-4-3-6-11(13)10-16-14(18)12-7-5-9-15-12;;/h3-4,6,8,12,15H,5,7,9-10H2,1-2H3,(H,16,18);2*1H. The van der Waals surface area contributed by atoms with Crippen molar-refractivity contribution >= 4 is 36.4 Å². The molecule has 1 aliphatic heterocycles. The molecule has 0 spiro atoms. The van der Waals surface area contributed by atoms with Gasteiger partial charge < -0.3 is 15.5 Å². The molecule has 1 aromatic carbocycles. The maximum absolute atomic E-state index is 11.9. The van der Waals surface area contributed by atoms with Crippen molar-refractivity contribution in [2.45, 2.75) is 25.4 Å². The highest BCUT2D eigenvalue weighted by Crippen LogP contribution is 2.17. The van der Waals surface area contributed by atoms with E-state index < -0.39 is 0 Å². The molecule has 0 aromatic heterocycles. The molecular formula is C14H23Cl2N3O. The molecule has 1 heterocycles. The normalized spacial score (nSPS) is 16.8. The van der Waals surface area contributed by atoms with Crippen molar-refractivity contribution in [3.05, 3.63) is 29.8 Å². The van der Waals surface area contributed by atoms with E-state index in [0.717, 1.165) is 30.6 Å². The molecule has 0 bridgehead atoms. The average molecular weight is 320 g/mol. The molecule has 1 fully saturated rings. The van der Waals surface area contributed by atoms with Crippen LogP contribution < -0.4 is 15.5 Å². The first-order valence-electron chi connectivity index (χ1n) is 6.45. The van der Waals surface area contributed by atoms with Gasteiger partial charge in [0.05, 0.1) is 6.04 Å². The van der Waals surface area contributed by atoms with Crippen LogP contribution in [-0.4, -0.2) is 32.6 Å². The Hall–Kier alpha value is -0.970. The molecule has 1 atom stereocenters. The smallest absolute Gasteiger partial charge is 0.237 e. The maximum atomic E-state index is 11.9. The van der Waals surface area contributed by atoms with E-state index in [1.807, 2.05) is 26.2 Å². The first kappa shape index (κ1) is 19.0. The lowest BCUT2D eigenvalue weighted by atomic mass is 10.1. The van der Waals surface area contributed by atoms with Crippen LogP contribution in [0.15, 0.2) is 24.3 Å². The van der Waals surface area contributed by atoms with Crippen molar-refractivity contribution in [1.82, 2.24) is 10.6 Å². The van der Waals surface area contributed by atoms with E-state index in [-0.39, 0.29) is 36.8 Å². The van der Waals surface area contributed by atoms with E-state index in [0.29, 0.717) is 6.54 Å². The minimum atomic E-state index is -0.00322. The summed E-state index contributed by atoms with van der Waals surface area (Å²) < 4.78 is 0.